The van der Waals surface area contributed by atoms with Crippen molar-refractivity contribution < 1.29 is 4.74 Å². The van der Waals surface area contributed by atoms with Gasteiger partial charge in [-0.05, 0) is 18.6 Å². The second-order valence-electron chi connectivity index (χ2n) is 3.94. The molecule has 0 saturated heterocycles. The highest BCUT2D eigenvalue weighted by Gasteiger charge is 2.01. The minimum atomic E-state index is 0.497. The van der Waals surface area contributed by atoms with Gasteiger partial charge in [-0.25, -0.2) is 0 Å². The molecule has 4 heteroatoms. The standard InChI is InChI=1S/C13H17N3O/c1-11-9-15-16(10-11)6-7-17-13-5-3-2-4-12(13)8-14/h2-5,9-10H,6-8,14H2,1H3. The summed E-state index contributed by atoms with van der Waals surface area (Å²) in [5, 5.41) is 4.20. The molecular formula is C13H17N3O. The molecule has 0 bridgehead atoms. The number of ether oxygens (including phenoxy) is 1. The monoisotopic (exact) mass is 231 g/mol. The van der Waals surface area contributed by atoms with Crippen LogP contribution in [0.15, 0.2) is 36.7 Å². The number of hydrogen-bond donors (Lipinski definition) is 1. The maximum atomic E-state index is 5.70. The van der Waals surface area contributed by atoms with Crippen LogP contribution in [-0.2, 0) is 13.1 Å². The van der Waals surface area contributed by atoms with E-state index in [9.17, 15) is 0 Å². The fourth-order valence-electron chi connectivity index (χ4n) is 1.65. The number of hydrogen-bond acceptors (Lipinski definition) is 3. The zero-order valence-electron chi connectivity index (χ0n) is 9.97. The second-order valence-corrected chi connectivity index (χ2v) is 3.94. The molecule has 2 N–H and O–H groups in total. The second kappa shape index (κ2) is 5.50. The molecule has 2 aromatic rings. The first kappa shape index (κ1) is 11.7. The average Bonchev–Trinajstić information content (AvgIpc) is 2.76. The van der Waals surface area contributed by atoms with Gasteiger partial charge >= 0.3 is 0 Å². The third-order valence-electron chi connectivity index (χ3n) is 2.53. The van der Waals surface area contributed by atoms with Gasteiger partial charge in [-0.3, -0.25) is 4.68 Å². The van der Waals surface area contributed by atoms with E-state index < -0.39 is 0 Å². The minimum absolute atomic E-state index is 0.497. The lowest BCUT2D eigenvalue weighted by Gasteiger charge is -2.09. The Bertz CT molecular complexity index is 479. The van der Waals surface area contributed by atoms with Crippen LogP contribution in [0.3, 0.4) is 0 Å². The quantitative estimate of drug-likeness (QED) is 0.852. The van der Waals surface area contributed by atoms with E-state index in [4.69, 9.17) is 10.5 Å². The number of aromatic nitrogens is 2. The summed E-state index contributed by atoms with van der Waals surface area (Å²) in [6.45, 7) is 3.86. The molecule has 90 valence electrons. The first-order valence-corrected chi connectivity index (χ1v) is 5.69. The van der Waals surface area contributed by atoms with Crippen molar-refractivity contribution in [1.29, 1.82) is 0 Å². The van der Waals surface area contributed by atoms with Crippen molar-refractivity contribution in [3.05, 3.63) is 47.8 Å². The summed E-state index contributed by atoms with van der Waals surface area (Å²) in [5.41, 5.74) is 7.83. The zero-order chi connectivity index (χ0) is 12.1. The van der Waals surface area contributed by atoms with Gasteiger partial charge in [0.25, 0.3) is 0 Å². The lowest BCUT2D eigenvalue weighted by atomic mass is 10.2. The topological polar surface area (TPSA) is 53.1 Å². The number of rotatable bonds is 5. The Balaban J connectivity index is 1.89. The number of para-hydroxylation sites is 1. The summed E-state index contributed by atoms with van der Waals surface area (Å²) < 4.78 is 7.58. The summed E-state index contributed by atoms with van der Waals surface area (Å²) in [4.78, 5) is 0. The summed E-state index contributed by atoms with van der Waals surface area (Å²) in [7, 11) is 0. The van der Waals surface area contributed by atoms with Gasteiger partial charge in [0.2, 0.25) is 0 Å². The highest BCUT2D eigenvalue weighted by atomic mass is 16.5. The Morgan fingerprint density at radius 3 is 2.88 bits per heavy atom. The van der Waals surface area contributed by atoms with Gasteiger partial charge < -0.3 is 10.5 Å². The van der Waals surface area contributed by atoms with Crippen molar-refractivity contribution in [2.75, 3.05) is 6.61 Å². The number of nitrogens with zero attached hydrogens (tertiary/aromatic N) is 2. The van der Waals surface area contributed by atoms with E-state index in [0.717, 1.165) is 23.4 Å². The van der Waals surface area contributed by atoms with Gasteiger partial charge in [0.1, 0.15) is 12.4 Å². The van der Waals surface area contributed by atoms with E-state index in [2.05, 4.69) is 5.10 Å². The van der Waals surface area contributed by atoms with E-state index in [-0.39, 0.29) is 0 Å². The molecule has 0 aliphatic carbocycles. The third-order valence-corrected chi connectivity index (χ3v) is 2.53. The van der Waals surface area contributed by atoms with Crippen LogP contribution in [0.2, 0.25) is 0 Å². The molecular weight excluding hydrogens is 214 g/mol. The lowest BCUT2D eigenvalue weighted by molar-refractivity contribution is 0.288. The molecule has 1 heterocycles. The fourth-order valence-corrected chi connectivity index (χ4v) is 1.65. The lowest BCUT2D eigenvalue weighted by Crippen LogP contribution is -2.10. The van der Waals surface area contributed by atoms with E-state index in [1.807, 2.05) is 48.3 Å². The SMILES string of the molecule is Cc1cnn(CCOc2ccccc2CN)c1. The molecule has 1 aromatic heterocycles. The van der Waals surface area contributed by atoms with Crippen LogP contribution in [-0.4, -0.2) is 16.4 Å². The molecule has 0 fully saturated rings. The maximum Gasteiger partial charge on any atom is 0.123 e. The molecule has 4 nitrogen and oxygen atoms in total. The smallest absolute Gasteiger partial charge is 0.123 e. The number of nitrogens with two attached hydrogens (primary N) is 1. The van der Waals surface area contributed by atoms with Crippen LogP contribution in [0, 0.1) is 6.92 Å². The van der Waals surface area contributed by atoms with Crippen LogP contribution < -0.4 is 10.5 Å². The first-order chi connectivity index (χ1) is 8.29. The van der Waals surface area contributed by atoms with E-state index >= 15 is 0 Å². The van der Waals surface area contributed by atoms with Gasteiger partial charge in [0.05, 0.1) is 12.7 Å². The molecule has 0 amide bonds. The summed E-state index contributed by atoms with van der Waals surface area (Å²) in [6.07, 6.45) is 3.84. The van der Waals surface area contributed by atoms with Crippen molar-refractivity contribution in [1.82, 2.24) is 9.78 Å². The van der Waals surface area contributed by atoms with Crippen molar-refractivity contribution in [2.45, 2.75) is 20.0 Å². The van der Waals surface area contributed by atoms with Crippen molar-refractivity contribution >= 4 is 0 Å². The van der Waals surface area contributed by atoms with Crippen LogP contribution >= 0.6 is 0 Å². The minimum Gasteiger partial charge on any atom is -0.491 e. The molecule has 0 saturated carbocycles. The predicted octanol–water partition coefficient (Wildman–Crippen LogP) is 1.73. The molecule has 0 radical (unpaired) electrons. The molecule has 17 heavy (non-hydrogen) atoms. The fraction of sp³-hybridized carbons (Fsp3) is 0.308. The summed E-state index contributed by atoms with van der Waals surface area (Å²) in [5.74, 6) is 0.860. The van der Waals surface area contributed by atoms with Gasteiger partial charge in [-0.2, -0.15) is 5.10 Å². The molecule has 1 aromatic carbocycles. The molecule has 0 atom stereocenters. The Hall–Kier alpha value is -1.81. The highest BCUT2D eigenvalue weighted by Crippen LogP contribution is 2.16. The largest absolute Gasteiger partial charge is 0.491 e. The van der Waals surface area contributed by atoms with Crippen LogP contribution in [0.25, 0.3) is 0 Å². The molecule has 2 rings (SSSR count). The van der Waals surface area contributed by atoms with E-state index in [1.165, 1.54) is 0 Å². The maximum absolute atomic E-state index is 5.70. The van der Waals surface area contributed by atoms with Gasteiger partial charge in [0, 0.05) is 18.3 Å². The average molecular weight is 231 g/mol. The molecule has 0 unspecified atom stereocenters. The number of benzene rings is 1. The predicted molar refractivity (Wildman–Crippen MR) is 66.8 cm³/mol. The first-order valence-electron chi connectivity index (χ1n) is 5.69. The van der Waals surface area contributed by atoms with Crippen molar-refractivity contribution in [3.63, 3.8) is 0 Å². The van der Waals surface area contributed by atoms with E-state index in [0.29, 0.717) is 13.2 Å². The summed E-state index contributed by atoms with van der Waals surface area (Å²) >= 11 is 0. The van der Waals surface area contributed by atoms with Crippen LogP contribution in [0.5, 0.6) is 5.75 Å². The Kier molecular flexibility index (Phi) is 3.77. The van der Waals surface area contributed by atoms with Gasteiger partial charge in [0.15, 0.2) is 0 Å². The van der Waals surface area contributed by atoms with Gasteiger partial charge in [-0.1, -0.05) is 18.2 Å². The van der Waals surface area contributed by atoms with Crippen molar-refractivity contribution in [3.8, 4) is 5.75 Å². The highest BCUT2D eigenvalue weighted by molar-refractivity contribution is 5.32. The third kappa shape index (κ3) is 3.07. The Morgan fingerprint density at radius 2 is 2.18 bits per heavy atom. The molecule has 0 aliphatic heterocycles. The molecule has 0 aliphatic rings. The molecule has 0 spiro atoms. The zero-order valence-corrected chi connectivity index (χ0v) is 9.97. The van der Waals surface area contributed by atoms with Gasteiger partial charge in [-0.15, -0.1) is 0 Å². The summed E-state index contributed by atoms with van der Waals surface area (Å²) in [6, 6.07) is 7.84. The Labute approximate surface area is 101 Å². The number of aryl methyl sites for hydroxylation is 1. The van der Waals surface area contributed by atoms with Crippen LogP contribution in [0.1, 0.15) is 11.1 Å². The normalized spacial score (nSPS) is 10.5. The van der Waals surface area contributed by atoms with Crippen LogP contribution in [0.4, 0.5) is 0 Å². The van der Waals surface area contributed by atoms with E-state index in [1.54, 1.807) is 0 Å². The van der Waals surface area contributed by atoms with Crippen molar-refractivity contribution in [2.24, 2.45) is 5.73 Å². The Morgan fingerprint density at radius 1 is 1.35 bits per heavy atom.